The zero-order valence-corrected chi connectivity index (χ0v) is 19.7. The van der Waals surface area contributed by atoms with E-state index >= 15 is 0 Å². The average molecular weight is 448 g/mol. The predicted octanol–water partition coefficient (Wildman–Crippen LogP) is 4.24. The Kier molecular flexibility index (Phi) is 6.54. The maximum atomic E-state index is 13.5. The number of urea groups is 1. The molecule has 0 radical (unpaired) electrons. The van der Waals surface area contributed by atoms with Gasteiger partial charge >= 0.3 is 6.03 Å². The van der Waals surface area contributed by atoms with Gasteiger partial charge in [-0.2, -0.15) is 0 Å². The maximum absolute atomic E-state index is 13.5. The van der Waals surface area contributed by atoms with E-state index in [1.807, 2.05) is 43.3 Å². The highest BCUT2D eigenvalue weighted by molar-refractivity contribution is 6.09. The lowest BCUT2D eigenvalue weighted by atomic mass is 9.84. The molecular weight excluding hydrogens is 414 g/mol. The molecule has 4 rings (SSSR count). The van der Waals surface area contributed by atoms with Gasteiger partial charge in [-0.1, -0.05) is 62.4 Å². The number of aryl methyl sites for hydroxylation is 1. The van der Waals surface area contributed by atoms with Gasteiger partial charge < -0.3 is 10.6 Å². The van der Waals surface area contributed by atoms with Crippen molar-refractivity contribution in [2.24, 2.45) is 5.92 Å². The molecule has 4 amide bonds. The molecular formula is C27H33N3O3. The van der Waals surface area contributed by atoms with E-state index in [2.05, 4.69) is 36.6 Å². The SMILES string of the molecule is CC(C)Cc1ccc(C(C)NC(=O)CN2C(=O)NC3(CCCCc4ccccc43)C2=O)cc1. The van der Waals surface area contributed by atoms with Crippen LogP contribution in [0.5, 0.6) is 0 Å². The van der Waals surface area contributed by atoms with Crippen molar-refractivity contribution in [3.05, 3.63) is 70.8 Å². The van der Waals surface area contributed by atoms with Crippen LogP contribution in [0.4, 0.5) is 4.79 Å². The van der Waals surface area contributed by atoms with E-state index in [4.69, 9.17) is 0 Å². The van der Waals surface area contributed by atoms with Crippen LogP contribution < -0.4 is 10.6 Å². The van der Waals surface area contributed by atoms with Gasteiger partial charge in [0, 0.05) is 0 Å². The molecule has 0 aromatic heterocycles. The van der Waals surface area contributed by atoms with Gasteiger partial charge in [0.25, 0.3) is 5.91 Å². The largest absolute Gasteiger partial charge is 0.348 e. The number of hydrogen-bond acceptors (Lipinski definition) is 3. The van der Waals surface area contributed by atoms with Gasteiger partial charge in [-0.05, 0) is 67.2 Å². The molecule has 1 heterocycles. The van der Waals surface area contributed by atoms with E-state index in [0.717, 1.165) is 47.3 Å². The monoisotopic (exact) mass is 447 g/mol. The first-order chi connectivity index (χ1) is 15.8. The van der Waals surface area contributed by atoms with Crippen molar-refractivity contribution in [2.45, 2.75) is 64.5 Å². The second kappa shape index (κ2) is 9.38. The predicted molar refractivity (Wildman–Crippen MR) is 127 cm³/mol. The third kappa shape index (κ3) is 4.65. The van der Waals surface area contributed by atoms with Crippen molar-refractivity contribution >= 4 is 17.8 Å². The van der Waals surface area contributed by atoms with Crippen molar-refractivity contribution in [1.29, 1.82) is 0 Å². The normalized spacial score (nSPS) is 21.0. The Morgan fingerprint density at radius 1 is 1.06 bits per heavy atom. The quantitative estimate of drug-likeness (QED) is 0.651. The highest BCUT2D eigenvalue weighted by Crippen LogP contribution is 2.38. The number of carbonyl (C=O) groups is 3. The smallest absolute Gasteiger partial charge is 0.325 e. The van der Waals surface area contributed by atoms with Crippen LogP contribution in [-0.4, -0.2) is 29.3 Å². The average Bonchev–Trinajstić information content (AvgIpc) is 2.91. The molecule has 2 unspecified atom stereocenters. The summed E-state index contributed by atoms with van der Waals surface area (Å²) in [5, 5.41) is 5.87. The van der Waals surface area contributed by atoms with Crippen molar-refractivity contribution in [2.75, 3.05) is 6.54 Å². The molecule has 33 heavy (non-hydrogen) atoms. The third-order valence-electron chi connectivity index (χ3n) is 6.70. The van der Waals surface area contributed by atoms with Crippen LogP contribution in [0.25, 0.3) is 0 Å². The first-order valence-corrected chi connectivity index (χ1v) is 11.9. The van der Waals surface area contributed by atoms with E-state index < -0.39 is 11.6 Å². The summed E-state index contributed by atoms with van der Waals surface area (Å²) in [6, 6.07) is 15.3. The molecule has 0 saturated carbocycles. The van der Waals surface area contributed by atoms with Gasteiger partial charge in [-0.25, -0.2) is 4.79 Å². The number of nitrogens with one attached hydrogen (secondary N) is 2. The molecule has 2 aromatic rings. The van der Waals surface area contributed by atoms with E-state index in [1.165, 1.54) is 5.56 Å². The van der Waals surface area contributed by atoms with Crippen molar-refractivity contribution in [3.8, 4) is 0 Å². The fourth-order valence-electron chi connectivity index (χ4n) is 5.04. The molecule has 1 aliphatic carbocycles. The number of rotatable bonds is 6. The number of carbonyl (C=O) groups excluding carboxylic acids is 3. The lowest BCUT2D eigenvalue weighted by Gasteiger charge is -2.27. The van der Waals surface area contributed by atoms with Gasteiger partial charge in [0.2, 0.25) is 5.91 Å². The van der Waals surface area contributed by atoms with Gasteiger partial charge in [0.15, 0.2) is 0 Å². The highest BCUT2D eigenvalue weighted by atomic mass is 16.2. The van der Waals surface area contributed by atoms with Gasteiger partial charge in [0.05, 0.1) is 6.04 Å². The summed E-state index contributed by atoms with van der Waals surface area (Å²) in [7, 11) is 0. The van der Waals surface area contributed by atoms with Crippen LogP contribution in [0.3, 0.4) is 0 Å². The van der Waals surface area contributed by atoms with E-state index in [-0.39, 0.29) is 24.4 Å². The van der Waals surface area contributed by atoms with Crippen LogP contribution in [-0.2, 0) is 28.0 Å². The Morgan fingerprint density at radius 3 is 2.52 bits per heavy atom. The molecule has 1 aliphatic heterocycles. The van der Waals surface area contributed by atoms with Crippen molar-refractivity contribution < 1.29 is 14.4 Å². The highest BCUT2D eigenvalue weighted by Gasteiger charge is 2.53. The van der Waals surface area contributed by atoms with Crippen molar-refractivity contribution in [3.63, 3.8) is 0 Å². The van der Waals surface area contributed by atoms with E-state index in [9.17, 15) is 14.4 Å². The standard InChI is InChI=1S/C27H33N3O3/c1-18(2)16-20-11-13-21(14-12-20)19(3)28-24(31)17-30-25(32)27(29-26(30)33)15-7-6-9-22-8-4-5-10-23(22)27/h4-5,8,10-14,18-19H,6-7,9,15-17H2,1-3H3,(H,28,31)(H,29,33). The molecule has 0 bridgehead atoms. The molecule has 1 saturated heterocycles. The second-order valence-corrected chi connectivity index (χ2v) is 9.72. The zero-order chi connectivity index (χ0) is 23.6. The third-order valence-corrected chi connectivity index (χ3v) is 6.70. The molecule has 1 spiro atoms. The van der Waals surface area contributed by atoms with Crippen molar-refractivity contribution in [1.82, 2.24) is 15.5 Å². The number of benzene rings is 2. The van der Waals surface area contributed by atoms with Gasteiger partial charge in [0.1, 0.15) is 12.1 Å². The number of hydrogen-bond donors (Lipinski definition) is 2. The van der Waals surface area contributed by atoms with Gasteiger partial charge in [-0.15, -0.1) is 0 Å². The molecule has 2 atom stereocenters. The fraction of sp³-hybridized carbons (Fsp3) is 0.444. The minimum Gasteiger partial charge on any atom is -0.348 e. The summed E-state index contributed by atoms with van der Waals surface area (Å²) in [4.78, 5) is 40.1. The Balaban J connectivity index is 1.45. The summed E-state index contributed by atoms with van der Waals surface area (Å²) in [5.41, 5.74) is 3.13. The van der Waals surface area contributed by atoms with Crippen LogP contribution in [0.2, 0.25) is 0 Å². The van der Waals surface area contributed by atoms with Gasteiger partial charge in [-0.3, -0.25) is 14.5 Å². The molecule has 174 valence electrons. The van der Waals surface area contributed by atoms with Crippen LogP contribution >= 0.6 is 0 Å². The van der Waals surface area contributed by atoms with Crippen LogP contribution in [0, 0.1) is 5.92 Å². The molecule has 1 fully saturated rings. The van der Waals surface area contributed by atoms with Crippen LogP contribution in [0.1, 0.15) is 68.3 Å². The number of amides is 4. The number of imide groups is 1. The summed E-state index contributed by atoms with van der Waals surface area (Å²) < 4.78 is 0. The number of nitrogens with zero attached hydrogens (tertiary/aromatic N) is 1. The Hall–Kier alpha value is -3.15. The summed E-state index contributed by atoms with van der Waals surface area (Å²) in [5.74, 6) is -0.0975. The van der Waals surface area contributed by atoms with E-state index in [1.54, 1.807) is 0 Å². The molecule has 2 N–H and O–H groups in total. The second-order valence-electron chi connectivity index (χ2n) is 9.72. The Labute approximate surface area is 195 Å². The zero-order valence-electron chi connectivity index (χ0n) is 19.7. The fourth-order valence-corrected chi connectivity index (χ4v) is 5.04. The minimum absolute atomic E-state index is 0.223. The lowest BCUT2D eigenvalue weighted by molar-refractivity contribution is -0.135. The van der Waals surface area contributed by atoms with E-state index in [0.29, 0.717) is 12.3 Å². The molecule has 2 aliphatic rings. The summed E-state index contributed by atoms with van der Waals surface area (Å²) in [6.07, 6.45) is 4.25. The molecule has 2 aromatic carbocycles. The first-order valence-electron chi connectivity index (χ1n) is 11.9. The molecule has 6 nitrogen and oxygen atoms in total. The first kappa shape index (κ1) is 23.0. The number of fused-ring (bicyclic) bond motifs is 2. The Bertz CT molecular complexity index is 1050. The topological polar surface area (TPSA) is 78.5 Å². The summed E-state index contributed by atoms with van der Waals surface area (Å²) in [6.45, 7) is 5.99. The lowest BCUT2D eigenvalue weighted by Crippen LogP contribution is -2.45. The molecule has 6 heteroatoms. The van der Waals surface area contributed by atoms with Crippen LogP contribution in [0.15, 0.2) is 48.5 Å². The Morgan fingerprint density at radius 2 is 1.79 bits per heavy atom. The summed E-state index contributed by atoms with van der Waals surface area (Å²) >= 11 is 0. The minimum atomic E-state index is -1.07. The maximum Gasteiger partial charge on any atom is 0.325 e.